The topological polar surface area (TPSA) is 179 Å². The molecule has 0 unspecified atom stereocenters. The number of halogens is 1. The second-order valence-corrected chi connectivity index (χ2v) is 10.7. The molecule has 0 spiro atoms. The Morgan fingerprint density at radius 1 is 1.15 bits per heavy atom. The maximum Gasteiger partial charge on any atom is 0.255 e. The molecule has 2 heterocycles. The zero-order valence-corrected chi connectivity index (χ0v) is 21.4. The number of phenols is 1. The van der Waals surface area contributed by atoms with Crippen molar-refractivity contribution in [2.24, 2.45) is 17.6 Å². The van der Waals surface area contributed by atoms with Gasteiger partial charge in [0.15, 0.2) is 11.4 Å². The van der Waals surface area contributed by atoms with Crippen molar-refractivity contribution in [1.29, 1.82) is 0 Å². The van der Waals surface area contributed by atoms with E-state index in [0.29, 0.717) is 22.5 Å². The Morgan fingerprint density at radius 3 is 2.55 bits per heavy atom. The lowest BCUT2D eigenvalue weighted by molar-refractivity contribution is -0.153. The van der Waals surface area contributed by atoms with Crippen LogP contribution in [0.3, 0.4) is 0 Å². The number of pyridine rings is 1. The third-order valence-corrected chi connectivity index (χ3v) is 8.30. The number of carbonyl (C=O) groups excluding carboxylic acids is 3. The number of ketones is 2. The van der Waals surface area contributed by atoms with Crippen molar-refractivity contribution in [1.82, 2.24) is 14.3 Å². The van der Waals surface area contributed by atoms with Crippen LogP contribution in [0.2, 0.25) is 0 Å². The molecule has 12 heteroatoms. The van der Waals surface area contributed by atoms with Crippen molar-refractivity contribution >= 4 is 28.9 Å². The van der Waals surface area contributed by atoms with Gasteiger partial charge < -0.3 is 30.6 Å². The monoisotopic (exact) mass is 548 g/mol. The summed E-state index contributed by atoms with van der Waals surface area (Å²) < 4.78 is 15.3. The van der Waals surface area contributed by atoms with Crippen molar-refractivity contribution in [2.45, 2.75) is 24.5 Å². The quantitative estimate of drug-likeness (QED) is 0.303. The van der Waals surface area contributed by atoms with E-state index in [1.165, 1.54) is 47.8 Å². The minimum Gasteiger partial charge on any atom is -0.508 e. The van der Waals surface area contributed by atoms with Gasteiger partial charge >= 0.3 is 0 Å². The van der Waals surface area contributed by atoms with E-state index in [-0.39, 0.29) is 29.7 Å². The Labute approximate surface area is 226 Å². The number of likely N-dealkylation sites (N-methyl/N-ethyl adjacent to an activating group) is 1. The minimum absolute atomic E-state index is 0.0305. The number of amides is 1. The zero-order chi connectivity index (χ0) is 28.8. The van der Waals surface area contributed by atoms with Crippen LogP contribution in [0.5, 0.6) is 5.75 Å². The smallest absolute Gasteiger partial charge is 0.255 e. The molecule has 3 aromatic rings. The summed E-state index contributed by atoms with van der Waals surface area (Å²) in [6.07, 6.45) is 2.94. The Kier molecular flexibility index (Phi) is 5.45. The second kappa shape index (κ2) is 8.47. The fourth-order valence-corrected chi connectivity index (χ4v) is 6.58. The van der Waals surface area contributed by atoms with E-state index in [0.717, 1.165) is 0 Å². The van der Waals surface area contributed by atoms with Crippen molar-refractivity contribution in [3.8, 4) is 17.0 Å². The number of imidazole rings is 1. The van der Waals surface area contributed by atoms with E-state index in [4.69, 9.17) is 5.73 Å². The summed E-state index contributed by atoms with van der Waals surface area (Å²) in [7, 11) is 3.08. The van der Waals surface area contributed by atoms with E-state index in [9.17, 15) is 39.2 Å². The maximum absolute atomic E-state index is 13.9. The first-order chi connectivity index (χ1) is 18.9. The molecule has 0 aliphatic heterocycles. The number of rotatable bonds is 3. The summed E-state index contributed by atoms with van der Waals surface area (Å²) in [5.74, 6) is -7.62. The Bertz CT molecular complexity index is 1740. The first kappa shape index (κ1) is 25.7. The van der Waals surface area contributed by atoms with Gasteiger partial charge in [0.05, 0.1) is 17.3 Å². The third kappa shape index (κ3) is 3.29. The molecule has 3 aliphatic carbocycles. The number of Topliss-reactive ketones (excluding diaryl/α,β-unsaturated/α-hetero) is 2. The Balaban J connectivity index is 1.56. The van der Waals surface area contributed by atoms with Gasteiger partial charge in [-0.15, -0.1) is 0 Å². The molecule has 1 amide bonds. The summed E-state index contributed by atoms with van der Waals surface area (Å²) in [5, 5.41) is 44.8. The van der Waals surface area contributed by atoms with E-state index in [1.54, 1.807) is 12.3 Å². The number of nitrogens with two attached hydrogens (primary N) is 1. The van der Waals surface area contributed by atoms with Crippen LogP contribution in [0.4, 0.5) is 4.39 Å². The van der Waals surface area contributed by atoms with Gasteiger partial charge in [-0.1, -0.05) is 0 Å². The number of primary amides is 1. The SMILES string of the molecule is CN(C)[C@@H]1C(=O)C(C(N)=O)=C(O)[C@@]2(O)C(=O)C3=C(O)c4c(O)ccc(-c5cn6cc(F)ccc6n5)c4C[C@H]3C[C@@H]12. The van der Waals surface area contributed by atoms with Gasteiger partial charge in [0.2, 0.25) is 5.78 Å². The summed E-state index contributed by atoms with van der Waals surface area (Å²) in [6.45, 7) is 0. The van der Waals surface area contributed by atoms with Gasteiger partial charge in [-0.05, 0) is 62.7 Å². The third-order valence-electron chi connectivity index (χ3n) is 8.30. The molecule has 40 heavy (non-hydrogen) atoms. The molecule has 4 atom stereocenters. The highest BCUT2D eigenvalue weighted by Crippen LogP contribution is 2.53. The van der Waals surface area contributed by atoms with Crippen LogP contribution in [0.1, 0.15) is 17.5 Å². The first-order valence-corrected chi connectivity index (χ1v) is 12.5. The summed E-state index contributed by atoms with van der Waals surface area (Å²) in [5.41, 5.74) is 3.38. The predicted octanol–water partition coefficient (Wildman–Crippen LogP) is 1.42. The number of hydrogen-bond donors (Lipinski definition) is 5. The summed E-state index contributed by atoms with van der Waals surface area (Å²) >= 11 is 0. The lowest BCUT2D eigenvalue weighted by Gasteiger charge is -2.50. The number of nitrogens with zero attached hydrogens (tertiary/aromatic N) is 3. The number of fused-ring (bicyclic) bond motifs is 4. The number of aliphatic hydroxyl groups is 3. The largest absolute Gasteiger partial charge is 0.508 e. The van der Waals surface area contributed by atoms with Gasteiger partial charge in [-0.3, -0.25) is 19.3 Å². The van der Waals surface area contributed by atoms with Crippen LogP contribution in [0.15, 0.2) is 53.6 Å². The number of phenolic OH excluding ortho intramolecular Hbond substituents is 1. The van der Waals surface area contributed by atoms with Crippen LogP contribution < -0.4 is 5.73 Å². The van der Waals surface area contributed by atoms with Crippen LogP contribution in [-0.4, -0.2) is 77.9 Å². The average Bonchev–Trinajstić information content (AvgIpc) is 3.28. The molecule has 2 aromatic heterocycles. The molecule has 6 N–H and O–H groups in total. The predicted molar refractivity (Wildman–Crippen MR) is 138 cm³/mol. The molecular formula is C28H25FN4O7. The van der Waals surface area contributed by atoms with Crippen molar-refractivity contribution in [2.75, 3.05) is 14.1 Å². The number of aromatic nitrogens is 2. The highest BCUT2D eigenvalue weighted by atomic mass is 19.1. The van der Waals surface area contributed by atoms with Gasteiger partial charge in [-0.25, -0.2) is 9.37 Å². The number of benzene rings is 1. The normalized spacial score (nSPS) is 26.3. The lowest BCUT2D eigenvalue weighted by atomic mass is 9.57. The van der Waals surface area contributed by atoms with Crippen molar-refractivity contribution in [3.05, 3.63) is 70.5 Å². The molecular weight excluding hydrogens is 523 g/mol. The van der Waals surface area contributed by atoms with Crippen LogP contribution in [-0.2, 0) is 20.8 Å². The maximum atomic E-state index is 13.9. The number of hydrogen-bond acceptors (Lipinski definition) is 9. The van der Waals surface area contributed by atoms with Crippen LogP contribution in [0, 0.1) is 17.7 Å². The molecule has 0 radical (unpaired) electrons. The number of carbonyl (C=O) groups is 3. The fourth-order valence-electron chi connectivity index (χ4n) is 6.58. The molecule has 11 nitrogen and oxygen atoms in total. The zero-order valence-electron chi connectivity index (χ0n) is 21.4. The molecule has 0 saturated heterocycles. The van der Waals surface area contributed by atoms with Gasteiger partial charge in [0, 0.05) is 29.4 Å². The molecule has 1 aromatic carbocycles. The summed E-state index contributed by atoms with van der Waals surface area (Å²) in [6, 6.07) is 4.53. The molecule has 0 bridgehead atoms. The van der Waals surface area contributed by atoms with Gasteiger partial charge in [-0.2, -0.15) is 0 Å². The molecule has 6 rings (SSSR count). The first-order valence-electron chi connectivity index (χ1n) is 12.5. The van der Waals surface area contributed by atoms with E-state index < -0.39 is 63.9 Å². The molecule has 1 fully saturated rings. The molecule has 206 valence electrons. The summed E-state index contributed by atoms with van der Waals surface area (Å²) in [4.78, 5) is 45.2. The Hall–Kier alpha value is -4.55. The molecule has 1 saturated carbocycles. The van der Waals surface area contributed by atoms with Crippen LogP contribution in [0.25, 0.3) is 22.7 Å². The fraction of sp³-hybridized carbons (Fsp3) is 0.286. The molecule has 3 aliphatic rings. The van der Waals surface area contributed by atoms with E-state index in [1.807, 2.05) is 0 Å². The number of aliphatic hydroxyl groups excluding tert-OH is 2. The lowest BCUT2D eigenvalue weighted by Crippen LogP contribution is -2.65. The highest BCUT2D eigenvalue weighted by Gasteiger charge is 2.64. The standard InChI is InChI=1S/C28H25FN4O7/c1-32(2)22-15-8-11-7-14-13(16-10-33-9-12(29)3-6-18(33)31-16)4-5-17(34)20(14)23(35)19(11)25(37)28(15,40)26(38)21(24(22)36)27(30)39/h3-6,9-11,15,22,34-35,38,40H,7-8H2,1-2H3,(H2,30,39)/t11-,15-,22-,28-/m0/s1. The van der Waals surface area contributed by atoms with E-state index in [2.05, 4.69) is 4.98 Å². The average molecular weight is 549 g/mol. The highest BCUT2D eigenvalue weighted by molar-refractivity contribution is 6.24. The minimum atomic E-state index is -2.70. The van der Waals surface area contributed by atoms with Gasteiger partial charge in [0.25, 0.3) is 5.91 Å². The van der Waals surface area contributed by atoms with Crippen molar-refractivity contribution in [3.63, 3.8) is 0 Å². The van der Waals surface area contributed by atoms with E-state index >= 15 is 0 Å². The van der Waals surface area contributed by atoms with Crippen LogP contribution >= 0.6 is 0 Å². The number of aromatic hydroxyl groups is 1. The van der Waals surface area contributed by atoms with Gasteiger partial charge in [0.1, 0.15) is 34.3 Å². The Morgan fingerprint density at radius 2 is 1.88 bits per heavy atom. The second-order valence-electron chi connectivity index (χ2n) is 10.7. The van der Waals surface area contributed by atoms with Crippen molar-refractivity contribution < 1.29 is 39.2 Å².